The Kier molecular flexibility index (Phi) is 4.19. The lowest BCUT2D eigenvalue weighted by Crippen LogP contribution is -2.40. The normalized spacial score (nSPS) is 19.3. The van der Waals surface area contributed by atoms with Crippen LogP contribution in [-0.4, -0.2) is 28.6 Å². The molecule has 0 aliphatic heterocycles. The summed E-state index contributed by atoms with van der Waals surface area (Å²) >= 11 is 0. The van der Waals surface area contributed by atoms with Crippen molar-refractivity contribution in [2.24, 2.45) is 0 Å². The second-order valence-corrected chi connectivity index (χ2v) is 4.89. The number of hydrogen-bond acceptors (Lipinski definition) is 2. The minimum atomic E-state index is -0.359. The second kappa shape index (κ2) is 5.65. The van der Waals surface area contributed by atoms with Crippen molar-refractivity contribution in [3.63, 3.8) is 0 Å². The zero-order chi connectivity index (χ0) is 12.3. The molecule has 2 nitrogen and oxygen atoms in total. The summed E-state index contributed by atoms with van der Waals surface area (Å²) in [4.78, 5) is 2.47. The van der Waals surface area contributed by atoms with Crippen LogP contribution in [0.5, 0.6) is 0 Å². The maximum Gasteiger partial charge on any atom is 0.0945 e. The Morgan fingerprint density at radius 1 is 1.24 bits per heavy atom. The van der Waals surface area contributed by atoms with Gasteiger partial charge in [-0.2, -0.15) is 0 Å². The van der Waals surface area contributed by atoms with E-state index >= 15 is 0 Å². The Hall–Kier alpha value is -0.860. The molecule has 0 heterocycles. The number of aliphatic hydroxyl groups is 1. The van der Waals surface area contributed by atoms with Crippen LogP contribution in [0.15, 0.2) is 30.3 Å². The number of rotatable bonds is 6. The molecule has 17 heavy (non-hydrogen) atoms. The summed E-state index contributed by atoms with van der Waals surface area (Å²) in [5.41, 5.74) is 1.04. The molecule has 1 N–H and O–H groups in total. The molecule has 0 bridgehead atoms. The van der Waals surface area contributed by atoms with Crippen LogP contribution in [0.25, 0.3) is 0 Å². The van der Waals surface area contributed by atoms with E-state index in [9.17, 15) is 5.11 Å². The molecule has 0 saturated heterocycles. The lowest BCUT2D eigenvalue weighted by molar-refractivity contribution is 0.0436. The first-order valence-corrected chi connectivity index (χ1v) is 6.76. The van der Waals surface area contributed by atoms with Crippen LogP contribution in [-0.2, 0) is 0 Å². The van der Waals surface area contributed by atoms with Crippen molar-refractivity contribution in [1.82, 2.24) is 4.90 Å². The van der Waals surface area contributed by atoms with E-state index in [1.54, 1.807) is 0 Å². The summed E-state index contributed by atoms with van der Waals surface area (Å²) in [6.07, 6.45) is 3.24. The van der Waals surface area contributed by atoms with Gasteiger partial charge in [-0.1, -0.05) is 44.2 Å². The molecular formula is C15H23NO. The predicted octanol–water partition coefficient (Wildman–Crippen LogP) is 2.98. The van der Waals surface area contributed by atoms with Gasteiger partial charge in [-0.3, -0.25) is 4.90 Å². The van der Waals surface area contributed by atoms with Gasteiger partial charge in [0, 0.05) is 12.1 Å². The fourth-order valence-corrected chi connectivity index (χ4v) is 2.68. The van der Waals surface area contributed by atoms with Gasteiger partial charge in [-0.15, -0.1) is 0 Å². The van der Waals surface area contributed by atoms with E-state index in [1.165, 1.54) is 12.8 Å². The molecule has 1 aliphatic rings. The molecule has 2 rings (SSSR count). The number of benzene rings is 1. The van der Waals surface area contributed by atoms with Crippen LogP contribution in [0.3, 0.4) is 0 Å². The van der Waals surface area contributed by atoms with Crippen molar-refractivity contribution in [1.29, 1.82) is 0 Å². The average Bonchev–Trinajstić information content (AvgIpc) is 3.20. The van der Waals surface area contributed by atoms with E-state index in [1.807, 2.05) is 30.3 Å². The molecule has 1 aliphatic carbocycles. The molecule has 1 aromatic rings. The average molecular weight is 233 g/mol. The molecule has 2 atom stereocenters. The molecule has 1 aromatic carbocycles. The second-order valence-electron chi connectivity index (χ2n) is 4.89. The Bertz CT molecular complexity index is 334. The Labute approximate surface area is 104 Å². The van der Waals surface area contributed by atoms with Gasteiger partial charge in [0.15, 0.2) is 0 Å². The van der Waals surface area contributed by atoms with Gasteiger partial charge in [0.2, 0.25) is 0 Å². The molecule has 1 saturated carbocycles. The highest BCUT2D eigenvalue weighted by Crippen LogP contribution is 2.33. The molecule has 94 valence electrons. The fourth-order valence-electron chi connectivity index (χ4n) is 2.68. The highest BCUT2D eigenvalue weighted by atomic mass is 16.3. The zero-order valence-corrected chi connectivity index (χ0v) is 10.8. The number of likely N-dealkylation sites (N-methyl/N-ethyl adjacent to an activating group) is 1. The summed E-state index contributed by atoms with van der Waals surface area (Å²) in [5.74, 6) is 0. The van der Waals surface area contributed by atoms with Crippen molar-refractivity contribution in [2.45, 2.75) is 51.3 Å². The first-order valence-electron chi connectivity index (χ1n) is 6.76. The zero-order valence-electron chi connectivity index (χ0n) is 10.8. The van der Waals surface area contributed by atoms with Gasteiger partial charge >= 0.3 is 0 Å². The van der Waals surface area contributed by atoms with Crippen LogP contribution >= 0.6 is 0 Å². The maximum absolute atomic E-state index is 10.5. The van der Waals surface area contributed by atoms with E-state index in [0.717, 1.165) is 18.5 Å². The monoisotopic (exact) mass is 233 g/mol. The van der Waals surface area contributed by atoms with Crippen LogP contribution in [0, 0.1) is 0 Å². The van der Waals surface area contributed by atoms with E-state index in [0.29, 0.717) is 6.04 Å². The highest BCUT2D eigenvalue weighted by molar-refractivity contribution is 5.19. The van der Waals surface area contributed by atoms with Gasteiger partial charge in [0.05, 0.1) is 6.10 Å². The highest BCUT2D eigenvalue weighted by Gasteiger charge is 2.35. The predicted molar refractivity (Wildman–Crippen MR) is 70.9 cm³/mol. The molecule has 0 radical (unpaired) electrons. The minimum absolute atomic E-state index is 0.259. The molecule has 2 unspecified atom stereocenters. The third-order valence-corrected chi connectivity index (χ3v) is 3.73. The summed E-state index contributed by atoms with van der Waals surface area (Å²) in [6, 6.07) is 11.0. The third-order valence-electron chi connectivity index (χ3n) is 3.73. The summed E-state index contributed by atoms with van der Waals surface area (Å²) < 4.78 is 0. The summed E-state index contributed by atoms with van der Waals surface area (Å²) in [7, 11) is 0. The van der Waals surface area contributed by atoms with Gasteiger partial charge in [-0.25, -0.2) is 0 Å². The molecular weight excluding hydrogens is 210 g/mol. The van der Waals surface area contributed by atoms with Crippen LogP contribution < -0.4 is 0 Å². The first kappa shape index (κ1) is 12.6. The smallest absolute Gasteiger partial charge is 0.0945 e. The topological polar surface area (TPSA) is 23.5 Å². The van der Waals surface area contributed by atoms with E-state index in [-0.39, 0.29) is 12.1 Å². The lowest BCUT2D eigenvalue weighted by Gasteiger charge is -2.33. The lowest BCUT2D eigenvalue weighted by atomic mass is 9.98. The fraction of sp³-hybridized carbons (Fsp3) is 0.600. The Balaban J connectivity index is 2.11. The van der Waals surface area contributed by atoms with Crippen molar-refractivity contribution >= 4 is 0 Å². The van der Waals surface area contributed by atoms with Crippen LogP contribution in [0.2, 0.25) is 0 Å². The van der Waals surface area contributed by atoms with Gasteiger partial charge < -0.3 is 5.11 Å². The van der Waals surface area contributed by atoms with E-state index < -0.39 is 0 Å². The SMILES string of the molecule is CCC(C(O)c1ccccc1)N(CC)C1CC1. The van der Waals surface area contributed by atoms with E-state index in [2.05, 4.69) is 18.7 Å². The quantitative estimate of drug-likeness (QED) is 0.816. The molecule has 1 fully saturated rings. The van der Waals surface area contributed by atoms with Gasteiger partial charge in [0.25, 0.3) is 0 Å². The molecule has 0 aromatic heterocycles. The van der Waals surface area contributed by atoms with Crippen molar-refractivity contribution in [2.75, 3.05) is 6.54 Å². The third kappa shape index (κ3) is 2.88. The van der Waals surface area contributed by atoms with Crippen LogP contribution in [0.1, 0.15) is 44.8 Å². The number of aliphatic hydroxyl groups excluding tert-OH is 1. The molecule has 2 heteroatoms. The molecule has 0 amide bonds. The summed E-state index contributed by atoms with van der Waals surface area (Å²) in [5, 5.41) is 10.5. The maximum atomic E-state index is 10.5. The van der Waals surface area contributed by atoms with Crippen LogP contribution in [0.4, 0.5) is 0 Å². The van der Waals surface area contributed by atoms with Gasteiger partial charge in [0.1, 0.15) is 0 Å². The minimum Gasteiger partial charge on any atom is -0.387 e. The van der Waals surface area contributed by atoms with Gasteiger partial charge in [-0.05, 0) is 31.4 Å². The number of nitrogens with zero attached hydrogens (tertiary/aromatic N) is 1. The van der Waals surface area contributed by atoms with E-state index in [4.69, 9.17) is 0 Å². The molecule has 0 spiro atoms. The standard InChI is InChI=1S/C15H23NO/c1-3-14(16(4-2)13-10-11-13)15(17)12-8-6-5-7-9-12/h5-9,13-15,17H,3-4,10-11H2,1-2H3. The summed E-state index contributed by atoms with van der Waals surface area (Å²) in [6.45, 7) is 5.40. The Morgan fingerprint density at radius 2 is 1.88 bits per heavy atom. The van der Waals surface area contributed by atoms with Crippen molar-refractivity contribution in [3.8, 4) is 0 Å². The largest absolute Gasteiger partial charge is 0.387 e. The number of hydrogen-bond donors (Lipinski definition) is 1. The first-order chi connectivity index (χ1) is 8.27. The Morgan fingerprint density at radius 3 is 2.35 bits per heavy atom. The van der Waals surface area contributed by atoms with Crippen molar-refractivity contribution in [3.05, 3.63) is 35.9 Å². The van der Waals surface area contributed by atoms with Crippen molar-refractivity contribution < 1.29 is 5.11 Å².